The Morgan fingerprint density at radius 3 is 2.00 bits per heavy atom. The van der Waals surface area contributed by atoms with Crippen LogP contribution in [0.2, 0.25) is 0 Å². The molecule has 0 radical (unpaired) electrons. The molecule has 0 unspecified atom stereocenters. The van der Waals surface area contributed by atoms with Gasteiger partial charge in [0.15, 0.2) is 5.82 Å². The van der Waals surface area contributed by atoms with Gasteiger partial charge in [0.2, 0.25) is 11.7 Å². The topological polar surface area (TPSA) is 170 Å². The molecule has 2 aromatic rings. The molecule has 210 valence electrons. The zero-order valence-electron chi connectivity index (χ0n) is 22.5. The molecule has 1 amide bonds. The molecule has 1 aromatic carbocycles. The maximum Gasteiger partial charge on any atom is 0.308 e. The van der Waals surface area contributed by atoms with Crippen LogP contribution in [0.3, 0.4) is 0 Å². The van der Waals surface area contributed by atoms with Gasteiger partial charge in [0.1, 0.15) is 18.0 Å². The van der Waals surface area contributed by atoms with Crippen molar-refractivity contribution >= 4 is 11.9 Å². The molecule has 1 atom stereocenters. The summed E-state index contributed by atoms with van der Waals surface area (Å²) in [5.41, 5.74) is 5.92. The summed E-state index contributed by atoms with van der Waals surface area (Å²) >= 11 is 0. The average Bonchev–Trinajstić information content (AvgIpc) is 2.86. The summed E-state index contributed by atoms with van der Waals surface area (Å²) in [4.78, 5) is 23.7. The van der Waals surface area contributed by atoms with Crippen LogP contribution >= 0.6 is 0 Å². The van der Waals surface area contributed by atoms with E-state index in [4.69, 9.17) is 29.4 Å². The highest BCUT2D eigenvalue weighted by atomic mass is 16.6. The molecule has 0 fully saturated rings. The first kappa shape index (κ1) is 31.0. The van der Waals surface area contributed by atoms with Crippen LogP contribution in [0.4, 0.5) is 0 Å². The van der Waals surface area contributed by atoms with Gasteiger partial charge in [-0.3, -0.25) is 9.59 Å². The van der Waals surface area contributed by atoms with Crippen molar-refractivity contribution in [1.82, 2.24) is 25.7 Å². The molecule has 0 aliphatic rings. The number of carbonyl (C=O) groups is 2. The van der Waals surface area contributed by atoms with Crippen molar-refractivity contribution in [3.63, 3.8) is 0 Å². The van der Waals surface area contributed by atoms with Crippen molar-refractivity contribution in [2.75, 3.05) is 52.8 Å². The van der Waals surface area contributed by atoms with E-state index in [9.17, 15) is 9.59 Å². The van der Waals surface area contributed by atoms with E-state index in [1.54, 1.807) is 27.7 Å². The van der Waals surface area contributed by atoms with Crippen LogP contribution in [0, 0.1) is 6.92 Å². The largest absolute Gasteiger partial charge is 0.491 e. The van der Waals surface area contributed by atoms with Crippen molar-refractivity contribution in [1.29, 1.82) is 0 Å². The molecule has 1 heterocycles. The average molecular weight is 535 g/mol. The molecule has 13 heteroatoms. The highest BCUT2D eigenvalue weighted by molar-refractivity contribution is 5.86. The Hall–Kier alpha value is -3.26. The van der Waals surface area contributed by atoms with Crippen molar-refractivity contribution in [3.8, 4) is 17.1 Å². The third-order valence-electron chi connectivity index (χ3n) is 4.62. The van der Waals surface area contributed by atoms with Crippen molar-refractivity contribution in [3.05, 3.63) is 30.1 Å². The molecule has 0 spiro atoms. The lowest BCUT2D eigenvalue weighted by Crippen LogP contribution is -2.43. The number of ether oxygens (including phenoxy) is 5. The normalized spacial score (nSPS) is 12.1. The highest BCUT2D eigenvalue weighted by Crippen LogP contribution is 2.18. The quantitative estimate of drug-likeness (QED) is 0.217. The summed E-state index contributed by atoms with van der Waals surface area (Å²) in [5, 5.41) is 18.4. The van der Waals surface area contributed by atoms with E-state index in [2.05, 4.69) is 25.7 Å². The molecule has 0 bridgehead atoms. The Kier molecular flexibility index (Phi) is 13.5. The first-order valence-corrected chi connectivity index (χ1v) is 12.4. The standard InChI is InChI=1S/C25H38N6O7/c1-18-28-30-23(31-29-18)19-5-7-20(8-6-19)37-16-15-36-14-13-35-12-11-34-10-9-27-24(33)21(26)17-22(32)38-25(2,3)4/h5-8,21H,9-17,26H2,1-4H3,(H,27,33)/t21-/m0/s1. The molecule has 0 aliphatic carbocycles. The minimum absolute atomic E-state index is 0.181. The Labute approximate surface area is 222 Å². The summed E-state index contributed by atoms with van der Waals surface area (Å²) < 4.78 is 27.1. The van der Waals surface area contributed by atoms with E-state index in [-0.39, 0.29) is 13.0 Å². The van der Waals surface area contributed by atoms with Gasteiger partial charge in [-0.25, -0.2) is 0 Å². The van der Waals surface area contributed by atoms with Crippen LogP contribution in [-0.2, 0) is 28.5 Å². The third-order valence-corrected chi connectivity index (χ3v) is 4.62. The number of nitrogens with one attached hydrogen (secondary N) is 1. The molecule has 3 N–H and O–H groups in total. The van der Waals surface area contributed by atoms with Gasteiger partial charge in [0, 0.05) is 12.1 Å². The summed E-state index contributed by atoms with van der Waals surface area (Å²) in [6, 6.07) is 6.37. The van der Waals surface area contributed by atoms with Gasteiger partial charge < -0.3 is 34.7 Å². The summed E-state index contributed by atoms with van der Waals surface area (Å²) in [5.74, 6) is 0.743. The zero-order chi connectivity index (χ0) is 27.8. The minimum Gasteiger partial charge on any atom is -0.491 e. The number of rotatable bonds is 17. The fraction of sp³-hybridized carbons (Fsp3) is 0.600. The maximum atomic E-state index is 11.9. The Bertz CT molecular complexity index is 968. The lowest BCUT2D eigenvalue weighted by atomic mass is 10.1. The number of amides is 1. The molecule has 0 saturated heterocycles. The van der Waals surface area contributed by atoms with Crippen LogP contribution in [0.25, 0.3) is 11.4 Å². The van der Waals surface area contributed by atoms with Gasteiger partial charge >= 0.3 is 5.97 Å². The van der Waals surface area contributed by atoms with E-state index in [0.717, 1.165) is 5.56 Å². The maximum absolute atomic E-state index is 11.9. The van der Waals surface area contributed by atoms with Gasteiger partial charge in [-0.2, -0.15) is 0 Å². The van der Waals surface area contributed by atoms with E-state index >= 15 is 0 Å². The van der Waals surface area contributed by atoms with Crippen LogP contribution in [-0.4, -0.2) is 96.7 Å². The summed E-state index contributed by atoms with van der Waals surface area (Å²) in [7, 11) is 0. The summed E-state index contributed by atoms with van der Waals surface area (Å²) in [6.07, 6.45) is -0.181. The number of carbonyl (C=O) groups excluding carboxylic acids is 2. The second-order valence-corrected chi connectivity index (χ2v) is 9.17. The van der Waals surface area contributed by atoms with E-state index < -0.39 is 23.5 Å². The van der Waals surface area contributed by atoms with Gasteiger partial charge in [0.25, 0.3) is 0 Å². The lowest BCUT2D eigenvalue weighted by molar-refractivity contribution is -0.156. The van der Waals surface area contributed by atoms with E-state index in [1.807, 2.05) is 24.3 Å². The smallest absolute Gasteiger partial charge is 0.308 e. The van der Waals surface area contributed by atoms with Gasteiger partial charge in [0.05, 0.1) is 52.1 Å². The number of hydrogen-bond donors (Lipinski definition) is 2. The predicted octanol–water partition coefficient (Wildman–Crippen LogP) is 0.846. The molecule has 13 nitrogen and oxygen atoms in total. The molecular formula is C25H38N6O7. The number of nitrogens with two attached hydrogens (primary N) is 1. The fourth-order valence-corrected chi connectivity index (χ4v) is 2.89. The van der Waals surface area contributed by atoms with Crippen LogP contribution in [0.5, 0.6) is 5.75 Å². The third kappa shape index (κ3) is 13.3. The minimum atomic E-state index is -0.964. The second-order valence-electron chi connectivity index (χ2n) is 9.17. The van der Waals surface area contributed by atoms with Crippen molar-refractivity contribution in [2.24, 2.45) is 5.73 Å². The van der Waals surface area contributed by atoms with Gasteiger partial charge in [-0.15, -0.1) is 20.4 Å². The monoisotopic (exact) mass is 534 g/mol. The number of aromatic nitrogens is 4. The van der Waals surface area contributed by atoms with Crippen molar-refractivity contribution in [2.45, 2.75) is 45.8 Å². The second kappa shape index (κ2) is 16.6. The Morgan fingerprint density at radius 1 is 0.868 bits per heavy atom. The van der Waals surface area contributed by atoms with Crippen LogP contribution in [0.1, 0.15) is 33.0 Å². The zero-order valence-corrected chi connectivity index (χ0v) is 22.5. The number of aryl methyl sites for hydroxylation is 1. The molecule has 1 aromatic heterocycles. The molecule has 0 saturated carbocycles. The van der Waals surface area contributed by atoms with E-state index in [1.165, 1.54) is 0 Å². The molecule has 2 rings (SSSR count). The van der Waals surface area contributed by atoms with Crippen LogP contribution in [0.15, 0.2) is 24.3 Å². The Morgan fingerprint density at radius 2 is 1.42 bits per heavy atom. The highest BCUT2D eigenvalue weighted by Gasteiger charge is 2.22. The van der Waals surface area contributed by atoms with E-state index in [0.29, 0.717) is 63.6 Å². The van der Waals surface area contributed by atoms with Crippen molar-refractivity contribution < 1.29 is 33.3 Å². The Balaban J connectivity index is 1.40. The number of hydrogen-bond acceptors (Lipinski definition) is 12. The van der Waals surface area contributed by atoms with Gasteiger partial charge in [-0.1, -0.05) is 0 Å². The molecule has 38 heavy (non-hydrogen) atoms. The predicted molar refractivity (Wildman–Crippen MR) is 137 cm³/mol. The number of benzene rings is 1. The number of esters is 1. The number of nitrogens with zero attached hydrogens (tertiary/aromatic N) is 4. The SMILES string of the molecule is Cc1nnc(-c2ccc(OCCOCCOCCOCCNC(=O)[C@@H](N)CC(=O)OC(C)(C)C)cc2)nn1. The van der Waals surface area contributed by atoms with Crippen LogP contribution < -0.4 is 15.8 Å². The summed E-state index contributed by atoms with van der Waals surface area (Å²) in [6.45, 7) is 10.0. The fourth-order valence-electron chi connectivity index (χ4n) is 2.89. The molecule has 0 aliphatic heterocycles. The first-order valence-electron chi connectivity index (χ1n) is 12.4. The lowest BCUT2D eigenvalue weighted by Gasteiger charge is -2.20. The first-order chi connectivity index (χ1) is 18.1. The molecular weight excluding hydrogens is 496 g/mol. The van der Waals surface area contributed by atoms with Gasteiger partial charge in [-0.05, 0) is 52.0 Å².